The Hall–Kier alpha value is -2.88. The van der Waals surface area contributed by atoms with Crippen LogP contribution >= 0.6 is 0 Å². The minimum atomic E-state index is -0.908. The quantitative estimate of drug-likeness (QED) is 0.799. The third kappa shape index (κ3) is 2.91. The Kier molecular flexibility index (Phi) is 3.74. The van der Waals surface area contributed by atoms with Crippen molar-refractivity contribution in [3.63, 3.8) is 0 Å². The molecule has 4 nitrogen and oxygen atoms in total. The second-order valence-electron chi connectivity index (χ2n) is 5.25. The number of rotatable bonds is 4. The molecule has 1 aromatic heterocycles. The molecule has 0 atom stereocenters. The van der Waals surface area contributed by atoms with Crippen molar-refractivity contribution in [2.75, 3.05) is 0 Å². The molecule has 2 aromatic carbocycles. The molecule has 0 aliphatic heterocycles. The first-order chi connectivity index (χ1) is 10.6. The van der Waals surface area contributed by atoms with Crippen LogP contribution in [0.5, 0.6) is 0 Å². The van der Waals surface area contributed by atoms with E-state index in [4.69, 9.17) is 5.11 Å². The van der Waals surface area contributed by atoms with E-state index in [1.54, 1.807) is 18.3 Å². The van der Waals surface area contributed by atoms with Crippen LogP contribution in [0.4, 0.5) is 0 Å². The molecule has 0 amide bonds. The summed E-state index contributed by atoms with van der Waals surface area (Å²) in [5.41, 5.74) is 3.61. The maximum atomic E-state index is 10.9. The first-order valence-corrected chi connectivity index (χ1v) is 7.04. The minimum Gasteiger partial charge on any atom is -0.478 e. The summed E-state index contributed by atoms with van der Waals surface area (Å²) >= 11 is 0. The van der Waals surface area contributed by atoms with Gasteiger partial charge in [0.15, 0.2) is 0 Å². The maximum Gasteiger partial charge on any atom is 0.335 e. The molecule has 0 unspecified atom stereocenters. The normalized spacial score (nSPS) is 10.6. The molecular weight excluding hydrogens is 276 g/mol. The zero-order valence-electron chi connectivity index (χ0n) is 12.2. The first kappa shape index (κ1) is 14.1. The van der Waals surface area contributed by atoms with Crippen LogP contribution in [0.1, 0.15) is 21.5 Å². The number of nitrogens with zero attached hydrogens (tertiary/aromatic N) is 2. The van der Waals surface area contributed by atoms with E-state index < -0.39 is 5.97 Å². The molecule has 4 heteroatoms. The molecule has 0 aliphatic carbocycles. The van der Waals surface area contributed by atoms with Crippen LogP contribution in [0.2, 0.25) is 0 Å². The van der Waals surface area contributed by atoms with Gasteiger partial charge in [-0.1, -0.05) is 35.9 Å². The highest BCUT2D eigenvalue weighted by atomic mass is 16.4. The molecule has 0 saturated heterocycles. The van der Waals surface area contributed by atoms with Crippen LogP contribution in [0, 0.1) is 6.92 Å². The Morgan fingerprint density at radius 2 is 1.95 bits per heavy atom. The smallest absolute Gasteiger partial charge is 0.335 e. The fourth-order valence-corrected chi connectivity index (χ4v) is 2.43. The monoisotopic (exact) mass is 292 g/mol. The van der Waals surface area contributed by atoms with Gasteiger partial charge in [-0.15, -0.1) is 0 Å². The van der Waals surface area contributed by atoms with E-state index in [9.17, 15) is 4.79 Å². The summed E-state index contributed by atoms with van der Waals surface area (Å²) in [7, 11) is 0. The number of aromatic carboxylic acids is 1. The third-order valence-electron chi connectivity index (χ3n) is 3.55. The number of hydrogen-bond donors (Lipinski definition) is 1. The zero-order chi connectivity index (χ0) is 15.5. The van der Waals surface area contributed by atoms with Crippen molar-refractivity contribution >= 4 is 5.97 Å². The molecule has 3 aromatic rings. The van der Waals surface area contributed by atoms with Crippen LogP contribution in [0.15, 0.2) is 60.9 Å². The molecule has 0 radical (unpaired) electrons. The first-order valence-electron chi connectivity index (χ1n) is 7.04. The lowest BCUT2D eigenvalue weighted by Gasteiger charge is -2.09. The van der Waals surface area contributed by atoms with Crippen molar-refractivity contribution in [3.8, 4) is 11.4 Å². The highest BCUT2D eigenvalue weighted by Gasteiger charge is 2.07. The zero-order valence-corrected chi connectivity index (χ0v) is 12.2. The van der Waals surface area contributed by atoms with Gasteiger partial charge in [0.25, 0.3) is 0 Å². The van der Waals surface area contributed by atoms with E-state index in [0.717, 1.165) is 17.0 Å². The summed E-state index contributed by atoms with van der Waals surface area (Å²) in [4.78, 5) is 15.3. The van der Waals surface area contributed by atoms with Crippen molar-refractivity contribution in [1.82, 2.24) is 9.55 Å². The molecule has 0 saturated carbocycles. The predicted molar refractivity (Wildman–Crippen MR) is 84.9 cm³/mol. The highest BCUT2D eigenvalue weighted by Crippen LogP contribution is 2.20. The van der Waals surface area contributed by atoms with Crippen molar-refractivity contribution in [2.45, 2.75) is 13.5 Å². The molecule has 1 N–H and O–H groups in total. The number of aryl methyl sites for hydroxylation is 1. The third-order valence-corrected chi connectivity index (χ3v) is 3.55. The van der Waals surface area contributed by atoms with Gasteiger partial charge in [-0.05, 0) is 30.7 Å². The van der Waals surface area contributed by atoms with Gasteiger partial charge in [-0.2, -0.15) is 0 Å². The summed E-state index contributed by atoms with van der Waals surface area (Å²) in [5.74, 6) is 0.000594. The maximum absolute atomic E-state index is 10.9. The van der Waals surface area contributed by atoms with Gasteiger partial charge < -0.3 is 9.67 Å². The van der Waals surface area contributed by atoms with Crippen molar-refractivity contribution < 1.29 is 9.90 Å². The van der Waals surface area contributed by atoms with E-state index in [2.05, 4.69) is 28.6 Å². The predicted octanol–water partition coefficient (Wildman–Crippen LogP) is 3.61. The average molecular weight is 292 g/mol. The molecule has 0 aliphatic rings. The molecule has 0 spiro atoms. The van der Waals surface area contributed by atoms with Crippen molar-refractivity contribution in [3.05, 3.63) is 77.6 Å². The summed E-state index contributed by atoms with van der Waals surface area (Å²) in [6.07, 6.45) is 3.71. The van der Waals surface area contributed by atoms with Crippen LogP contribution < -0.4 is 0 Å². The van der Waals surface area contributed by atoms with Crippen LogP contribution in [-0.4, -0.2) is 20.6 Å². The minimum absolute atomic E-state index is 0.299. The number of carboxylic acids is 1. The van der Waals surface area contributed by atoms with Crippen LogP contribution in [0.25, 0.3) is 11.4 Å². The Labute approximate surface area is 128 Å². The summed E-state index contributed by atoms with van der Waals surface area (Å²) in [6, 6.07) is 15.1. The van der Waals surface area contributed by atoms with Crippen molar-refractivity contribution in [2.24, 2.45) is 0 Å². The Bertz CT molecular complexity index is 804. The average Bonchev–Trinajstić information content (AvgIpc) is 2.96. The lowest BCUT2D eigenvalue weighted by Crippen LogP contribution is -2.02. The molecule has 22 heavy (non-hydrogen) atoms. The summed E-state index contributed by atoms with van der Waals surface area (Å²) in [6.45, 7) is 2.71. The SMILES string of the molecule is Cc1cccc(-c2nccn2Cc2ccc(C(=O)O)cc2)c1. The van der Waals surface area contributed by atoms with Crippen molar-refractivity contribution in [1.29, 1.82) is 0 Å². The second kappa shape index (κ2) is 5.85. The van der Waals surface area contributed by atoms with Gasteiger partial charge in [0.2, 0.25) is 0 Å². The van der Waals surface area contributed by atoms with E-state index in [1.807, 2.05) is 30.5 Å². The second-order valence-corrected chi connectivity index (χ2v) is 5.25. The number of aromatic nitrogens is 2. The van der Waals surface area contributed by atoms with Gasteiger partial charge in [0.05, 0.1) is 5.56 Å². The lowest BCUT2D eigenvalue weighted by molar-refractivity contribution is 0.0697. The number of carboxylic acid groups (broad SMARTS) is 1. The molecule has 3 rings (SSSR count). The molecule has 0 bridgehead atoms. The van der Waals surface area contributed by atoms with Gasteiger partial charge in [0.1, 0.15) is 5.82 Å². The number of benzene rings is 2. The number of hydrogen-bond acceptors (Lipinski definition) is 2. The van der Waals surface area contributed by atoms with Gasteiger partial charge in [-0.3, -0.25) is 0 Å². The van der Waals surface area contributed by atoms with Crippen LogP contribution in [-0.2, 0) is 6.54 Å². The van der Waals surface area contributed by atoms with E-state index in [1.165, 1.54) is 5.56 Å². The van der Waals surface area contributed by atoms with Gasteiger partial charge in [-0.25, -0.2) is 9.78 Å². The van der Waals surface area contributed by atoms with E-state index in [0.29, 0.717) is 12.1 Å². The summed E-state index contributed by atoms with van der Waals surface area (Å²) < 4.78 is 2.06. The standard InChI is InChI=1S/C18H16N2O2/c1-13-3-2-4-16(11-13)17-19-9-10-20(17)12-14-5-7-15(8-6-14)18(21)22/h2-11H,12H2,1H3,(H,21,22). The topological polar surface area (TPSA) is 55.1 Å². The molecule has 0 fully saturated rings. The molecule has 1 heterocycles. The Balaban J connectivity index is 1.88. The Morgan fingerprint density at radius 3 is 2.64 bits per heavy atom. The molecular formula is C18H16N2O2. The van der Waals surface area contributed by atoms with E-state index in [-0.39, 0.29) is 0 Å². The Morgan fingerprint density at radius 1 is 1.18 bits per heavy atom. The van der Waals surface area contributed by atoms with Crippen LogP contribution in [0.3, 0.4) is 0 Å². The van der Waals surface area contributed by atoms with E-state index >= 15 is 0 Å². The van der Waals surface area contributed by atoms with Gasteiger partial charge >= 0.3 is 5.97 Å². The lowest BCUT2D eigenvalue weighted by atomic mass is 10.1. The fraction of sp³-hybridized carbons (Fsp3) is 0.111. The fourth-order valence-electron chi connectivity index (χ4n) is 2.43. The highest BCUT2D eigenvalue weighted by molar-refractivity contribution is 5.87. The number of carbonyl (C=O) groups is 1. The largest absolute Gasteiger partial charge is 0.478 e. The molecule has 110 valence electrons. The number of imidazole rings is 1. The summed E-state index contributed by atoms with van der Waals surface area (Å²) in [5, 5.41) is 8.94. The van der Waals surface area contributed by atoms with Gasteiger partial charge in [0, 0.05) is 24.5 Å².